The summed E-state index contributed by atoms with van der Waals surface area (Å²) < 4.78 is 7.07. The number of nitrogens with zero attached hydrogens (tertiary/aromatic N) is 6. The minimum absolute atomic E-state index is 0.913. The van der Waals surface area contributed by atoms with Gasteiger partial charge in [0.1, 0.15) is 5.65 Å². The van der Waals surface area contributed by atoms with Gasteiger partial charge in [0.05, 0.1) is 50.2 Å². The number of aromatic nitrogens is 6. The van der Waals surface area contributed by atoms with Crippen LogP contribution in [0.15, 0.2) is 146 Å². The van der Waals surface area contributed by atoms with E-state index in [1.165, 1.54) is 32.6 Å². The van der Waals surface area contributed by atoms with Crippen molar-refractivity contribution in [2.45, 2.75) is 0 Å². The third-order valence-corrected chi connectivity index (χ3v) is 9.76. The molecule has 0 aliphatic carbocycles. The molecule has 0 fully saturated rings. The Hall–Kier alpha value is -6.53. The van der Waals surface area contributed by atoms with Gasteiger partial charge in [0.15, 0.2) is 0 Å². The molecule has 47 heavy (non-hydrogen) atoms. The lowest BCUT2D eigenvalue weighted by Gasteiger charge is -2.13. The van der Waals surface area contributed by atoms with Gasteiger partial charge in [-0.15, -0.1) is 0 Å². The molecule has 5 aromatic carbocycles. The standard InChI is InChI=1S/C41H24N6/c1-3-9-25(10-4-1)45-34-14-8-7-13-27(34)30-21-37-31(22-36(30)45)29-16-15-28-32-23-42-20-18-35(32)47-38-24-43-19-17-33(38)44-41(47)39(28)40(29)46(37)26-11-5-2-6-12-26/h1-24H. The second kappa shape index (κ2) is 9.02. The van der Waals surface area contributed by atoms with Crippen molar-refractivity contribution in [3.8, 4) is 11.4 Å². The first-order valence-corrected chi connectivity index (χ1v) is 15.8. The van der Waals surface area contributed by atoms with E-state index in [1.807, 2.05) is 30.9 Å². The molecule has 0 N–H and O–H groups in total. The van der Waals surface area contributed by atoms with Crippen LogP contribution >= 0.6 is 0 Å². The molecule has 0 radical (unpaired) electrons. The molecule has 0 aliphatic rings. The molecule has 6 heterocycles. The minimum atomic E-state index is 0.913. The topological polar surface area (TPSA) is 52.9 Å². The Bertz CT molecular complexity index is 3060. The second-order valence-corrected chi connectivity index (χ2v) is 12.2. The average Bonchev–Trinajstić information content (AvgIpc) is 3.79. The molecule has 0 saturated carbocycles. The molecule has 6 nitrogen and oxygen atoms in total. The largest absolute Gasteiger partial charge is 0.309 e. The Balaban J connectivity index is 1.42. The normalized spacial score (nSPS) is 12.3. The number of hydrogen-bond acceptors (Lipinski definition) is 3. The summed E-state index contributed by atoms with van der Waals surface area (Å²) in [5.41, 5.74) is 10.8. The predicted octanol–water partition coefficient (Wildman–Crippen LogP) is 9.78. The van der Waals surface area contributed by atoms with Gasteiger partial charge in [0.25, 0.3) is 0 Å². The zero-order valence-electron chi connectivity index (χ0n) is 25.0. The van der Waals surface area contributed by atoms with Gasteiger partial charge >= 0.3 is 0 Å². The first-order valence-electron chi connectivity index (χ1n) is 15.8. The lowest BCUT2D eigenvalue weighted by atomic mass is 10.0. The van der Waals surface area contributed by atoms with E-state index in [1.54, 1.807) is 0 Å². The molecule has 0 unspecified atom stereocenters. The van der Waals surface area contributed by atoms with E-state index in [-0.39, 0.29) is 0 Å². The van der Waals surface area contributed by atoms with Gasteiger partial charge < -0.3 is 9.13 Å². The number of pyridine rings is 3. The second-order valence-electron chi connectivity index (χ2n) is 12.2. The van der Waals surface area contributed by atoms with Crippen molar-refractivity contribution in [3.63, 3.8) is 0 Å². The van der Waals surface area contributed by atoms with E-state index in [2.05, 4.69) is 139 Å². The van der Waals surface area contributed by atoms with E-state index in [9.17, 15) is 0 Å². The summed E-state index contributed by atoms with van der Waals surface area (Å²) in [6, 6.07) is 43.5. The van der Waals surface area contributed by atoms with Crippen LogP contribution in [0.1, 0.15) is 0 Å². The molecule has 11 rings (SSSR count). The highest BCUT2D eigenvalue weighted by atomic mass is 15.0. The summed E-state index contributed by atoms with van der Waals surface area (Å²) in [6.45, 7) is 0. The number of fused-ring (bicyclic) bond motifs is 15. The van der Waals surface area contributed by atoms with Crippen molar-refractivity contribution in [2.75, 3.05) is 0 Å². The van der Waals surface area contributed by atoms with E-state index in [4.69, 9.17) is 4.98 Å². The number of hydrogen-bond donors (Lipinski definition) is 0. The number of para-hydroxylation sites is 3. The van der Waals surface area contributed by atoms with Gasteiger partial charge in [-0.1, -0.05) is 66.7 Å². The Morgan fingerprint density at radius 2 is 1.09 bits per heavy atom. The summed E-state index contributed by atoms with van der Waals surface area (Å²) in [4.78, 5) is 14.3. The minimum Gasteiger partial charge on any atom is -0.309 e. The van der Waals surface area contributed by atoms with Crippen LogP contribution < -0.4 is 0 Å². The van der Waals surface area contributed by atoms with Gasteiger partial charge in [-0.25, -0.2) is 4.98 Å². The lowest BCUT2D eigenvalue weighted by molar-refractivity contribution is 1.18. The molecule has 0 atom stereocenters. The number of benzene rings is 5. The first-order chi connectivity index (χ1) is 23.3. The van der Waals surface area contributed by atoms with Crippen LogP contribution in [-0.4, -0.2) is 28.5 Å². The third-order valence-electron chi connectivity index (χ3n) is 9.76. The van der Waals surface area contributed by atoms with E-state index >= 15 is 0 Å². The van der Waals surface area contributed by atoms with Crippen LogP contribution in [0.2, 0.25) is 0 Å². The third kappa shape index (κ3) is 3.21. The quantitative estimate of drug-likeness (QED) is 0.186. The van der Waals surface area contributed by atoms with E-state index < -0.39 is 0 Å². The van der Waals surface area contributed by atoms with Crippen molar-refractivity contribution >= 4 is 82.0 Å². The van der Waals surface area contributed by atoms with Crippen LogP contribution in [0, 0.1) is 0 Å². The van der Waals surface area contributed by atoms with Gasteiger partial charge in [0, 0.05) is 56.9 Å². The van der Waals surface area contributed by atoms with Crippen molar-refractivity contribution < 1.29 is 0 Å². The predicted molar refractivity (Wildman–Crippen MR) is 192 cm³/mol. The molecule has 11 aromatic rings. The molecule has 0 bridgehead atoms. The van der Waals surface area contributed by atoms with Crippen molar-refractivity contribution in [1.82, 2.24) is 28.5 Å². The van der Waals surface area contributed by atoms with Gasteiger partial charge in [-0.3, -0.25) is 14.4 Å². The summed E-state index contributed by atoms with van der Waals surface area (Å²) in [5.74, 6) is 0. The van der Waals surface area contributed by atoms with Crippen LogP contribution in [-0.2, 0) is 0 Å². The van der Waals surface area contributed by atoms with E-state index in [0.717, 1.165) is 60.8 Å². The lowest BCUT2D eigenvalue weighted by Crippen LogP contribution is -1.97. The molecular formula is C41H24N6. The summed E-state index contributed by atoms with van der Waals surface area (Å²) in [7, 11) is 0. The smallest absolute Gasteiger partial charge is 0.148 e. The molecule has 0 amide bonds. The van der Waals surface area contributed by atoms with Crippen LogP contribution in [0.4, 0.5) is 0 Å². The highest BCUT2D eigenvalue weighted by Crippen LogP contribution is 2.44. The van der Waals surface area contributed by atoms with Gasteiger partial charge in [-0.2, -0.15) is 0 Å². The van der Waals surface area contributed by atoms with Crippen LogP contribution in [0.5, 0.6) is 0 Å². The fraction of sp³-hybridized carbons (Fsp3) is 0. The van der Waals surface area contributed by atoms with Gasteiger partial charge in [0.2, 0.25) is 0 Å². The van der Waals surface area contributed by atoms with Crippen LogP contribution in [0.3, 0.4) is 0 Å². The SMILES string of the molecule is c1ccc(-n2c3ccccc3c3cc4c(cc32)c2ccc3c5cnccc5n5c6cnccc6nc5c3c2n4-c2ccccc2)cc1. The Kier molecular flexibility index (Phi) is 4.75. The fourth-order valence-electron chi connectivity index (χ4n) is 7.84. The molecular weight excluding hydrogens is 576 g/mol. The highest BCUT2D eigenvalue weighted by Gasteiger charge is 2.23. The van der Waals surface area contributed by atoms with E-state index in [0.29, 0.717) is 0 Å². The van der Waals surface area contributed by atoms with Crippen molar-refractivity contribution in [3.05, 3.63) is 146 Å². The molecule has 0 spiro atoms. The Labute approximate surface area is 267 Å². The monoisotopic (exact) mass is 600 g/mol. The summed E-state index contributed by atoms with van der Waals surface area (Å²) in [5, 5.41) is 8.13. The first kappa shape index (κ1) is 24.8. The van der Waals surface area contributed by atoms with Crippen molar-refractivity contribution in [1.29, 1.82) is 0 Å². The maximum absolute atomic E-state index is 5.27. The van der Waals surface area contributed by atoms with Crippen molar-refractivity contribution in [2.24, 2.45) is 0 Å². The maximum Gasteiger partial charge on any atom is 0.148 e. The zero-order chi connectivity index (χ0) is 30.6. The fourth-order valence-corrected chi connectivity index (χ4v) is 7.84. The molecule has 6 aromatic heterocycles. The number of imidazole rings is 1. The molecule has 218 valence electrons. The number of rotatable bonds is 2. The summed E-state index contributed by atoms with van der Waals surface area (Å²) >= 11 is 0. The average molecular weight is 601 g/mol. The molecule has 0 aliphatic heterocycles. The van der Waals surface area contributed by atoms with Gasteiger partial charge in [-0.05, 0) is 60.0 Å². The maximum atomic E-state index is 5.27. The Morgan fingerprint density at radius 3 is 1.91 bits per heavy atom. The molecule has 0 saturated heterocycles. The Morgan fingerprint density at radius 1 is 0.426 bits per heavy atom. The van der Waals surface area contributed by atoms with Crippen LogP contribution in [0.25, 0.3) is 93.3 Å². The molecule has 6 heteroatoms. The summed E-state index contributed by atoms with van der Waals surface area (Å²) in [6.07, 6.45) is 7.56. The highest BCUT2D eigenvalue weighted by molar-refractivity contribution is 6.28. The zero-order valence-corrected chi connectivity index (χ0v) is 25.0.